The van der Waals surface area contributed by atoms with Crippen LogP contribution in [0.1, 0.15) is 21.5 Å². The fourth-order valence-corrected chi connectivity index (χ4v) is 1.82. The molecule has 1 heterocycles. The van der Waals surface area contributed by atoms with Crippen LogP contribution in [0.25, 0.3) is 0 Å². The average molecular weight is 271 g/mol. The third-order valence-electron chi connectivity index (χ3n) is 3.20. The van der Waals surface area contributed by atoms with Crippen molar-refractivity contribution >= 4 is 5.91 Å². The van der Waals surface area contributed by atoms with E-state index in [9.17, 15) is 9.59 Å². The second kappa shape index (κ2) is 6.14. The third-order valence-corrected chi connectivity index (χ3v) is 3.20. The molecule has 0 aliphatic carbocycles. The molecule has 1 aromatic heterocycles. The molecule has 1 amide bonds. The highest BCUT2D eigenvalue weighted by Crippen LogP contribution is 2.09. The molecular formula is C15H17N3O2. The van der Waals surface area contributed by atoms with Gasteiger partial charge >= 0.3 is 0 Å². The Kier molecular flexibility index (Phi) is 4.30. The van der Waals surface area contributed by atoms with E-state index in [4.69, 9.17) is 0 Å². The number of nitrogens with one attached hydrogen (secondary N) is 1. The zero-order valence-corrected chi connectivity index (χ0v) is 11.6. The number of amides is 1. The minimum Gasteiger partial charge on any atom is -0.350 e. The van der Waals surface area contributed by atoms with Gasteiger partial charge < -0.3 is 5.32 Å². The molecule has 2 aromatic rings. The highest BCUT2D eigenvalue weighted by atomic mass is 16.1. The van der Waals surface area contributed by atoms with Gasteiger partial charge in [-0.25, -0.2) is 4.98 Å². The van der Waals surface area contributed by atoms with Crippen LogP contribution in [0.5, 0.6) is 0 Å². The van der Waals surface area contributed by atoms with E-state index in [2.05, 4.69) is 10.3 Å². The molecule has 20 heavy (non-hydrogen) atoms. The lowest BCUT2D eigenvalue weighted by atomic mass is 10.1. The first kappa shape index (κ1) is 14.0. The standard InChI is InChI=1S/C15H17N3O2/c1-11-3-4-13(9-12(11)2)15(20)17-7-8-18-10-16-6-5-14(18)19/h3-6,9-10H,7-8H2,1-2H3,(H,17,20). The molecule has 5 nitrogen and oxygen atoms in total. The van der Waals surface area contributed by atoms with Gasteiger partial charge in [0.2, 0.25) is 0 Å². The highest BCUT2D eigenvalue weighted by Gasteiger charge is 2.06. The summed E-state index contributed by atoms with van der Waals surface area (Å²) in [7, 11) is 0. The highest BCUT2D eigenvalue weighted by molar-refractivity contribution is 5.94. The van der Waals surface area contributed by atoms with E-state index in [1.807, 2.05) is 26.0 Å². The molecule has 5 heteroatoms. The Bertz CT molecular complexity index is 677. The molecule has 1 aromatic carbocycles. The molecule has 0 bridgehead atoms. The van der Waals surface area contributed by atoms with Crippen LogP contribution in [0.3, 0.4) is 0 Å². The zero-order valence-electron chi connectivity index (χ0n) is 11.6. The third kappa shape index (κ3) is 3.32. The molecular weight excluding hydrogens is 254 g/mol. The average Bonchev–Trinajstić information content (AvgIpc) is 2.44. The van der Waals surface area contributed by atoms with E-state index < -0.39 is 0 Å². The molecule has 2 rings (SSSR count). The van der Waals surface area contributed by atoms with Crippen molar-refractivity contribution in [3.05, 3.63) is 63.8 Å². The Labute approximate surface area is 117 Å². The van der Waals surface area contributed by atoms with Gasteiger partial charge in [-0.3, -0.25) is 14.2 Å². The van der Waals surface area contributed by atoms with Crippen molar-refractivity contribution in [2.45, 2.75) is 20.4 Å². The summed E-state index contributed by atoms with van der Waals surface area (Å²) >= 11 is 0. The van der Waals surface area contributed by atoms with E-state index in [-0.39, 0.29) is 11.5 Å². The van der Waals surface area contributed by atoms with Gasteiger partial charge in [-0.05, 0) is 37.1 Å². The number of benzene rings is 1. The fourth-order valence-electron chi connectivity index (χ4n) is 1.82. The molecule has 0 unspecified atom stereocenters. The fraction of sp³-hybridized carbons (Fsp3) is 0.267. The van der Waals surface area contributed by atoms with E-state index >= 15 is 0 Å². The predicted octanol–water partition coefficient (Wildman–Crippen LogP) is 1.29. The Morgan fingerprint density at radius 3 is 2.75 bits per heavy atom. The maximum Gasteiger partial charge on any atom is 0.253 e. The van der Waals surface area contributed by atoms with Gasteiger partial charge in [0, 0.05) is 30.9 Å². The second-order valence-corrected chi connectivity index (χ2v) is 4.67. The van der Waals surface area contributed by atoms with Gasteiger partial charge in [-0.1, -0.05) is 6.07 Å². The monoisotopic (exact) mass is 271 g/mol. The maximum absolute atomic E-state index is 12.0. The van der Waals surface area contributed by atoms with Crippen molar-refractivity contribution in [1.29, 1.82) is 0 Å². The normalized spacial score (nSPS) is 10.3. The van der Waals surface area contributed by atoms with Crippen LogP contribution in [0, 0.1) is 13.8 Å². The molecule has 0 spiro atoms. The minimum atomic E-state index is -0.134. The van der Waals surface area contributed by atoms with Crippen molar-refractivity contribution in [2.75, 3.05) is 6.54 Å². The lowest BCUT2D eigenvalue weighted by molar-refractivity contribution is 0.0952. The van der Waals surface area contributed by atoms with Gasteiger partial charge in [0.05, 0.1) is 6.33 Å². The largest absolute Gasteiger partial charge is 0.350 e. The topological polar surface area (TPSA) is 64.0 Å². The molecule has 0 fully saturated rings. The SMILES string of the molecule is Cc1ccc(C(=O)NCCn2cnccc2=O)cc1C. The summed E-state index contributed by atoms with van der Waals surface area (Å²) in [6.45, 7) is 4.77. The maximum atomic E-state index is 12.0. The summed E-state index contributed by atoms with van der Waals surface area (Å²) in [4.78, 5) is 27.3. The first-order chi connectivity index (χ1) is 9.58. The summed E-state index contributed by atoms with van der Waals surface area (Å²) < 4.78 is 1.46. The Morgan fingerprint density at radius 1 is 1.25 bits per heavy atom. The van der Waals surface area contributed by atoms with Crippen LogP contribution in [-0.4, -0.2) is 22.0 Å². The zero-order chi connectivity index (χ0) is 14.5. The number of hydrogen-bond acceptors (Lipinski definition) is 3. The van der Waals surface area contributed by atoms with Gasteiger partial charge in [0.1, 0.15) is 0 Å². The first-order valence-corrected chi connectivity index (χ1v) is 6.44. The van der Waals surface area contributed by atoms with Crippen molar-refractivity contribution in [3.8, 4) is 0 Å². The number of aryl methyl sites for hydroxylation is 2. The molecule has 0 atom stereocenters. The summed E-state index contributed by atoms with van der Waals surface area (Å²) in [5, 5.41) is 2.79. The van der Waals surface area contributed by atoms with Gasteiger partial charge in [0.25, 0.3) is 11.5 Å². The van der Waals surface area contributed by atoms with Crippen molar-refractivity contribution in [2.24, 2.45) is 0 Å². The van der Waals surface area contributed by atoms with Crippen LogP contribution in [0.15, 0.2) is 41.6 Å². The number of hydrogen-bond donors (Lipinski definition) is 1. The van der Waals surface area contributed by atoms with Crippen molar-refractivity contribution < 1.29 is 4.79 Å². The number of nitrogens with zero attached hydrogens (tertiary/aromatic N) is 2. The summed E-state index contributed by atoms with van der Waals surface area (Å²) in [6, 6.07) is 6.98. The smallest absolute Gasteiger partial charge is 0.253 e. The summed E-state index contributed by atoms with van der Waals surface area (Å²) in [5.41, 5.74) is 2.75. The molecule has 0 saturated heterocycles. The van der Waals surface area contributed by atoms with Gasteiger partial charge in [-0.2, -0.15) is 0 Å². The molecule has 0 radical (unpaired) electrons. The summed E-state index contributed by atoms with van der Waals surface area (Å²) in [6.07, 6.45) is 2.91. The number of rotatable bonds is 4. The molecule has 0 aliphatic heterocycles. The van der Waals surface area contributed by atoms with Crippen LogP contribution in [0.4, 0.5) is 0 Å². The van der Waals surface area contributed by atoms with Crippen LogP contribution < -0.4 is 10.9 Å². The molecule has 0 saturated carbocycles. The molecule has 104 valence electrons. The molecule has 1 N–H and O–H groups in total. The second-order valence-electron chi connectivity index (χ2n) is 4.67. The predicted molar refractivity (Wildman–Crippen MR) is 76.7 cm³/mol. The van der Waals surface area contributed by atoms with E-state index in [1.165, 1.54) is 23.2 Å². The Hall–Kier alpha value is -2.43. The number of aromatic nitrogens is 2. The van der Waals surface area contributed by atoms with Crippen LogP contribution >= 0.6 is 0 Å². The first-order valence-electron chi connectivity index (χ1n) is 6.44. The van der Waals surface area contributed by atoms with E-state index in [0.717, 1.165) is 11.1 Å². The van der Waals surface area contributed by atoms with Crippen LogP contribution in [-0.2, 0) is 6.54 Å². The lowest BCUT2D eigenvalue weighted by Gasteiger charge is -2.08. The number of carbonyl (C=O) groups is 1. The van der Waals surface area contributed by atoms with E-state index in [0.29, 0.717) is 18.7 Å². The Balaban J connectivity index is 1.94. The van der Waals surface area contributed by atoms with Crippen molar-refractivity contribution in [1.82, 2.24) is 14.9 Å². The quantitative estimate of drug-likeness (QED) is 0.911. The molecule has 0 aliphatic rings. The van der Waals surface area contributed by atoms with E-state index in [1.54, 1.807) is 6.07 Å². The minimum absolute atomic E-state index is 0.125. The Morgan fingerprint density at radius 2 is 2.05 bits per heavy atom. The lowest BCUT2D eigenvalue weighted by Crippen LogP contribution is -2.30. The van der Waals surface area contributed by atoms with Gasteiger partial charge in [-0.15, -0.1) is 0 Å². The number of carbonyl (C=O) groups excluding carboxylic acids is 1. The van der Waals surface area contributed by atoms with Crippen LogP contribution in [0.2, 0.25) is 0 Å². The van der Waals surface area contributed by atoms with Crippen molar-refractivity contribution in [3.63, 3.8) is 0 Å². The van der Waals surface area contributed by atoms with Gasteiger partial charge in [0.15, 0.2) is 0 Å². The summed E-state index contributed by atoms with van der Waals surface area (Å²) in [5.74, 6) is -0.134.